The molecule has 0 saturated carbocycles. The molecule has 7 nitrogen and oxygen atoms in total. The van der Waals surface area contributed by atoms with Crippen LogP contribution in [0, 0.1) is 6.92 Å². The maximum Gasteiger partial charge on any atom is 0.227 e. The molecule has 1 N–H and O–H groups in total. The van der Waals surface area contributed by atoms with Crippen LogP contribution >= 0.6 is 11.6 Å². The zero-order valence-electron chi connectivity index (χ0n) is 18.5. The van der Waals surface area contributed by atoms with Gasteiger partial charge in [0.05, 0.1) is 17.3 Å². The van der Waals surface area contributed by atoms with Crippen LogP contribution in [0.1, 0.15) is 62.2 Å². The largest absolute Gasteiger partial charge is 0.458 e. The minimum Gasteiger partial charge on any atom is -0.458 e. The molecule has 0 aromatic carbocycles. The predicted octanol–water partition coefficient (Wildman–Crippen LogP) is 5.58. The molecule has 0 spiro atoms. The molecule has 8 heteroatoms. The second-order valence-electron chi connectivity index (χ2n) is 8.67. The minimum absolute atomic E-state index is 0.0948. The molecule has 0 radical (unpaired) electrons. The number of fused-ring (bicyclic) bond motifs is 1. The Kier molecular flexibility index (Phi) is 5.71. The quantitative estimate of drug-likeness (QED) is 0.396. The fourth-order valence-electron chi connectivity index (χ4n) is 3.33. The van der Waals surface area contributed by atoms with E-state index in [1.54, 1.807) is 4.52 Å². The molecule has 0 fully saturated rings. The molecule has 4 rings (SSSR count). The van der Waals surface area contributed by atoms with E-state index in [2.05, 4.69) is 38.1 Å². The summed E-state index contributed by atoms with van der Waals surface area (Å²) in [6.45, 7) is 10.2. The Morgan fingerprint density at radius 2 is 1.94 bits per heavy atom. The van der Waals surface area contributed by atoms with Crippen LogP contribution in [0.15, 0.2) is 40.9 Å². The van der Waals surface area contributed by atoms with Crippen molar-refractivity contribution in [2.45, 2.75) is 58.4 Å². The van der Waals surface area contributed by atoms with Gasteiger partial charge in [-0.05, 0) is 58.4 Å². The molecule has 31 heavy (non-hydrogen) atoms. The Morgan fingerprint density at radius 1 is 1.13 bits per heavy atom. The molecule has 0 amide bonds. The molecule has 0 aliphatic rings. The van der Waals surface area contributed by atoms with Crippen LogP contribution in [0.4, 0.5) is 5.95 Å². The second kappa shape index (κ2) is 8.30. The van der Waals surface area contributed by atoms with Gasteiger partial charge in [-0.25, -0.2) is 0 Å². The Morgan fingerprint density at radius 3 is 2.61 bits per heavy atom. The summed E-state index contributed by atoms with van der Waals surface area (Å²) in [7, 11) is 0. The number of rotatable bonds is 6. The first-order valence-corrected chi connectivity index (χ1v) is 10.9. The van der Waals surface area contributed by atoms with E-state index in [1.807, 2.05) is 43.5 Å². The third kappa shape index (κ3) is 4.71. The van der Waals surface area contributed by atoms with Crippen LogP contribution in [0.2, 0.25) is 0 Å². The van der Waals surface area contributed by atoms with Crippen molar-refractivity contribution in [2.75, 3.05) is 5.32 Å². The molecule has 162 valence electrons. The molecule has 4 aromatic rings. The average molecular weight is 439 g/mol. The number of anilines is 1. The van der Waals surface area contributed by atoms with E-state index < -0.39 is 0 Å². The van der Waals surface area contributed by atoms with Crippen molar-refractivity contribution in [1.29, 1.82) is 0 Å². The van der Waals surface area contributed by atoms with Crippen LogP contribution in [-0.4, -0.2) is 30.1 Å². The Labute approximate surface area is 186 Å². The van der Waals surface area contributed by atoms with E-state index in [0.717, 1.165) is 34.8 Å². The van der Waals surface area contributed by atoms with Gasteiger partial charge in [0.2, 0.25) is 11.8 Å². The van der Waals surface area contributed by atoms with Gasteiger partial charge in [0, 0.05) is 23.2 Å². The number of halogens is 1. The number of nitrogens with zero attached hydrogens (tertiary/aromatic N) is 5. The SMILES string of the molecule is CCC(Cl)c1cccc(Cc2cnn3c(-c4ccc(C)o4)nc(NC(C)(C)C)nc23)n1. The lowest BCUT2D eigenvalue weighted by Crippen LogP contribution is -2.27. The van der Waals surface area contributed by atoms with Gasteiger partial charge in [-0.3, -0.25) is 4.98 Å². The van der Waals surface area contributed by atoms with E-state index in [-0.39, 0.29) is 10.9 Å². The van der Waals surface area contributed by atoms with Gasteiger partial charge in [-0.2, -0.15) is 19.6 Å². The van der Waals surface area contributed by atoms with Crippen molar-refractivity contribution in [2.24, 2.45) is 0 Å². The number of pyridine rings is 1. The highest BCUT2D eigenvalue weighted by Gasteiger charge is 2.20. The highest BCUT2D eigenvalue weighted by Crippen LogP contribution is 2.26. The molecule has 4 aromatic heterocycles. The number of aryl methyl sites for hydroxylation is 1. The van der Waals surface area contributed by atoms with Crippen molar-refractivity contribution < 1.29 is 4.42 Å². The molecule has 4 heterocycles. The summed E-state index contributed by atoms with van der Waals surface area (Å²) >= 11 is 6.39. The zero-order valence-corrected chi connectivity index (χ0v) is 19.2. The fourth-order valence-corrected chi connectivity index (χ4v) is 3.45. The summed E-state index contributed by atoms with van der Waals surface area (Å²) in [4.78, 5) is 14.2. The van der Waals surface area contributed by atoms with Crippen molar-refractivity contribution in [3.63, 3.8) is 0 Å². The summed E-state index contributed by atoms with van der Waals surface area (Å²) in [6, 6.07) is 9.77. The average Bonchev–Trinajstić information content (AvgIpc) is 3.32. The van der Waals surface area contributed by atoms with E-state index in [1.165, 1.54) is 0 Å². The van der Waals surface area contributed by atoms with Gasteiger partial charge in [0.1, 0.15) is 5.76 Å². The smallest absolute Gasteiger partial charge is 0.227 e. The van der Waals surface area contributed by atoms with E-state index in [9.17, 15) is 0 Å². The number of furan rings is 1. The minimum atomic E-state index is -0.194. The lowest BCUT2D eigenvalue weighted by atomic mass is 10.1. The number of hydrogen-bond acceptors (Lipinski definition) is 6. The van der Waals surface area contributed by atoms with Crippen LogP contribution in [0.5, 0.6) is 0 Å². The van der Waals surface area contributed by atoms with Crippen LogP contribution in [0.25, 0.3) is 17.2 Å². The van der Waals surface area contributed by atoms with E-state index in [4.69, 9.17) is 31.0 Å². The Balaban J connectivity index is 1.79. The second-order valence-corrected chi connectivity index (χ2v) is 9.19. The third-order valence-corrected chi connectivity index (χ3v) is 5.30. The summed E-state index contributed by atoms with van der Waals surface area (Å²) in [5, 5.41) is 7.83. The van der Waals surface area contributed by atoms with Crippen molar-refractivity contribution in [1.82, 2.24) is 24.6 Å². The van der Waals surface area contributed by atoms with Crippen molar-refractivity contribution in [3.05, 3.63) is 59.2 Å². The Hall–Kier alpha value is -2.93. The summed E-state index contributed by atoms with van der Waals surface area (Å²) in [6.07, 6.45) is 3.24. The predicted molar refractivity (Wildman–Crippen MR) is 123 cm³/mol. The summed E-state index contributed by atoms with van der Waals surface area (Å²) < 4.78 is 7.56. The van der Waals surface area contributed by atoms with Gasteiger partial charge < -0.3 is 9.73 Å². The molecule has 0 aliphatic carbocycles. The zero-order chi connectivity index (χ0) is 22.2. The standard InChI is InChI=1S/C23H27ClN6O/c1-6-17(24)18-9-7-8-16(26-18)12-15-13-25-30-20(15)27-22(29-23(3,4)5)28-21(30)19-11-10-14(2)31-19/h7-11,13,17H,6,12H2,1-5H3,(H,27,29). The van der Waals surface area contributed by atoms with Crippen molar-refractivity contribution in [3.8, 4) is 11.6 Å². The van der Waals surface area contributed by atoms with Crippen LogP contribution < -0.4 is 5.32 Å². The van der Waals surface area contributed by atoms with Crippen LogP contribution in [0.3, 0.4) is 0 Å². The lowest BCUT2D eigenvalue weighted by Gasteiger charge is -2.20. The molecule has 1 unspecified atom stereocenters. The fraction of sp³-hybridized carbons (Fsp3) is 0.391. The first-order valence-electron chi connectivity index (χ1n) is 10.4. The van der Waals surface area contributed by atoms with Crippen LogP contribution in [-0.2, 0) is 6.42 Å². The number of aromatic nitrogens is 5. The third-order valence-electron chi connectivity index (χ3n) is 4.77. The van der Waals surface area contributed by atoms with Gasteiger partial charge in [0.25, 0.3) is 0 Å². The molecule has 0 saturated heterocycles. The van der Waals surface area contributed by atoms with Gasteiger partial charge in [-0.15, -0.1) is 11.6 Å². The van der Waals surface area contributed by atoms with Crippen molar-refractivity contribution >= 4 is 23.2 Å². The molecule has 0 bridgehead atoms. The van der Waals surface area contributed by atoms with E-state index >= 15 is 0 Å². The topological polar surface area (TPSA) is 81.1 Å². The normalized spacial score (nSPS) is 13.0. The monoisotopic (exact) mass is 438 g/mol. The number of hydrogen-bond donors (Lipinski definition) is 1. The molecular formula is C23H27ClN6O. The summed E-state index contributed by atoms with van der Waals surface area (Å²) in [5.41, 5.74) is 3.29. The number of alkyl halides is 1. The highest BCUT2D eigenvalue weighted by molar-refractivity contribution is 6.20. The first kappa shape index (κ1) is 21.3. The number of nitrogens with one attached hydrogen (secondary N) is 1. The molecule has 1 atom stereocenters. The van der Waals surface area contributed by atoms with E-state index in [0.29, 0.717) is 24.0 Å². The molecular weight excluding hydrogens is 412 g/mol. The maximum absolute atomic E-state index is 6.39. The lowest BCUT2D eigenvalue weighted by molar-refractivity contribution is 0.541. The van der Waals surface area contributed by atoms with Gasteiger partial charge in [0.15, 0.2) is 11.4 Å². The first-order chi connectivity index (χ1) is 14.7. The summed E-state index contributed by atoms with van der Waals surface area (Å²) in [5.74, 6) is 2.58. The molecule has 0 aliphatic heterocycles. The maximum atomic E-state index is 6.39. The Bertz CT molecular complexity index is 1210. The van der Waals surface area contributed by atoms with Gasteiger partial charge >= 0.3 is 0 Å². The highest BCUT2D eigenvalue weighted by atomic mass is 35.5. The van der Waals surface area contributed by atoms with Gasteiger partial charge in [-0.1, -0.05) is 13.0 Å².